The van der Waals surface area contributed by atoms with Gasteiger partial charge in [-0.1, -0.05) is 73.8 Å². The van der Waals surface area contributed by atoms with Gasteiger partial charge in [0, 0.05) is 0 Å². The number of hydrogen-bond acceptors (Lipinski definition) is 1. The van der Waals surface area contributed by atoms with E-state index in [4.69, 9.17) is 0 Å². The van der Waals surface area contributed by atoms with Crippen molar-refractivity contribution in [1.82, 2.24) is 4.90 Å². The van der Waals surface area contributed by atoms with E-state index in [0.29, 0.717) is 5.92 Å². The number of allylic oxidation sites excluding steroid dienone is 4. The molecule has 0 spiro atoms. The fourth-order valence-corrected chi connectivity index (χ4v) is 1.20. The molecule has 116 valence electrons. The summed E-state index contributed by atoms with van der Waals surface area (Å²) in [6.07, 6.45) is 4.91. The summed E-state index contributed by atoms with van der Waals surface area (Å²) < 4.78 is 0. The molecule has 0 aromatic rings. The molecule has 0 aliphatic heterocycles. The fourth-order valence-electron chi connectivity index (χ4n) is 1.20. The molecular weight excluding hydrogens is 230 g/mol. The highest BCUT2D eigenvalue weighted by Gasteiger charge is 2.02. The monoisotopic (exact) mass is 269 g/mol. The van der Waals surface area contributed by atoms with Gasteiger partial charge >= 0.3 is 0 Å². The molecule has 0 saturated heterocycles. The van der Waals surface area contributed by atoms with Gasteiger partial charge in [0.1, 0.15) is 0 Å². The summed E-state index contributed by atoms with van der Waals surface area (Å²) >= 11 is 0. The lowest BCUT2D eigenvalue weighted by Gasteiger charge is -2.10. The molecule has 1 heteroatoms. The van der Waals surface area contributed by atoms with Gasteiger partial charge in [0.05, 0.1) is 0 Å². The van der Waals surface area contributed by atoms with E-state index >= 15 is 0 Å². The number of rotatable bonds is 4. The maximum atomic E-state index is 3.79. The minimum Gasteiger partial charge on any atom is -0.312 e. The molecule has 0 unspecified atom stereocenters. The third kappa shape index (κ3) is 22.8. The first kappa shape index (κ1) is 26.7. The van der Waals surface area contributed by atoms with E-state index in [2.05, 4.69) is 33.9 Å². The minimum atomic E-state index is 0.556. The van der Waals surface area contributed by atoms with E-state index in [0.717, 1.165) is 6.42 Å². The predicted molar refractivity (Wildman–Crippen MR) is 94.9 cm³/mol. The Morgan fingerprint density at radius 3 is 1.32 bits per heavy atom. The first-order valence-electron chi connectivity index (χ1n) is 7.49. The second-order valence-electron chi connectivity index (χ2n) is 4.24. The lowest BCUT2D eigenvalue weighted by atomic mass is 9.96. The minimum absolute atomic E-state index is 0.556. The Morgan fingerprint density at radius 1 is 0.947 bits per heavy atom. The van der Waals surface area contributed by atoms with Crippen molar-refractivity contribution < 1.29 is 0 Å². The topological polar surface area (TPSA) is 3.24 Å². The van der Waals surface area contributed by atoms with Crippen molar-refractivity contribution in [1.29, 1.82) is 0 Å². The summed E-state index contributed by atoms with van der Waals surface area (Å²) in [4.78, 5) is 2.00. The van der Waals surface area contributed by atoms with E-state index < -0.39 is 0 Å². The molecule has 19 heavy (non-hydrogen) atoms. The quantitative estimate of drug-likeness (QED) is 0.570. The van der Waals surface area contributed by atoms with Gasteiger partial charge in [-0.15, -0.1) is 0 Å². The molecule has 0 atom stereocenters. The maximum Gasteiger partial charge on any atom is -0.0140 e. The van der Waals surface area contributed by atoms with Crippen LogP contribution in [0.2, 0.25) is 0 Å². The molecule has 0 radical (unpaired) electrons. The maximum absolute atomic E-state index is 3.79. The van der Waals surface area contributed by atoms with Crippen molar-refractivity contribution in [3.8, 4) is 0 Å². The van der Waals surface area contributed by atoms with Gasteiger partial charge in [-0.3, -0.25) is 0 Å². The molecule has 0 aromatic heterocycles. The van der Waals surface area contributed by atoms with Crippen LogP contribution in [0, 0.1) is 5.92 Å². The van der Waals surface area contributed by atoms with Crippen molar-refractivity contribution >= 4 is 0 Å². The van der Waals surface area contributed by atoms with E-state index in [9.17, 15) is 0 Å². The molecule has 1 nitrogen and oxygen atoms in total. The molecule has 0 rings (SSSR count). The Hall–Kier alpha value is -0.820. The van der Waals surface area contributed by atoms with E-state index in [1.54, 1.807) is 0 Å². The van der Waals surface area contributed by atoms with Crippen LogP contribution in [-0.4, -0.2) is 26.0 Å². The zero-order valence-corrected chi connectivity index (χ0v) is 15.3. The normalized spacial score (nSPS) is 9.89. The van der Waals surface area contributed by atoms with Gasteiger partial charge in [-0.05, 0) is 44.6 Å². The Morgan fingerprint density at radius 2 is 1.26 bits per heavy atom. The van der Waals surface area contributed by atoms with Crippen LogP contribution in [0.4, 0.5) is 0 Å². The van der Waals surface area contributed by atoms with Crippen molar-refractivity contribution in [3.63, 3.8) is 0 Å². The Bertz CT molecular complexity index is 207. The summed E-state index contributed by atoms with van der Waals surface area (Å²) in [6, 6.07) is 0. The van der Waals surface area contributed by atoms with Gasteiger partial charge in [-0.25, -0.2) is 0 Å². The molecule has 0 amide bonds. The number of nitrogens with zero attached hydrogens (tertiary/aromatic N) is 1. The van der Waals surface area contributed by atoms with Gasteiger partial charge in [-0.2, -0.15) is 0 Å². The first-order chi connectivity index (χ1) is 8.90. The highest BCUT2D eigenvalue weighted by Crippen LogP contribution is 2.18. The van der Waals surface area contributed by atoms with Crippen molar-refractivity contribution in [2.45, 2.75) is 54.9 Å². The standard InChI is InChI=1S/C11H18.C3H9N.2C2H6/c1-6-10(7-2)11(8-3)9(4)5;1-4(2)3;2*1-2/h6,8-9H,1,3,7H2,2,4-5H3;1-3H3;2*1-2H3/b11-10+;;;. The summed E-state index contributed by atoms with van der Waals surface area (Å²) in [5, 5.41) is 0. The van der Waals surface area contributed by atoms with Crippen LogP contribution >= 0.6 is 0 Å². The molecule has 0 aromatic carbocycles. The lowest BCUT2D eigenvalue weighted by molar-refractivity contribution is 0.505. The lowest BCUT2D eigenvalue weighted by Crippen LogP contribution is -1.99. The zero-order valence-electron chi connectivity index (χ0n) is 15.3. The molecule has 0 aliphatic rings. The van der Waals surface area contributed by atoms with Gasteiger partial charge in [0.25, 0.3) is 0 Å². The van der Waals surface area contributed by atoms with Crippen LogP contribution in [0.5, 0.6) is 0 Å². The third-order valence-electron chi connectivity index (χ3n) is 1.84. The second kappa shape index (κ2) is 22.4. The van der Waals surface area contributed by atoms with Crippen LogP contribution in [0.15, 0.2) is 36.5 Å². The largest absolute Gasteiger partial charge is 0.312 e. The van der Waals surface area contributed by atoms with Crippen LogP contribution < -0.4 is 0 Å². The molecule has 0 N–H and O–H groups in total. The fraction of sp³-hybridized carbons (Fsp3) is 0.667. The highest BCUT2D eigenvalue weighted by atomic mass is 15.0. The van der Waals surface area contributed by atoms with Crippen LogP contribution in [-0.2, 0) is 0 Å². The molecular formula is C18H39N. The summed E-state index contributed by atoms with van der Waals surface area (Å²) in [5.74, 6) is 0.556. The van der Waals surface area contributed by atoms with Crippen molar-refractivity contribution in [2.24, 2.45) is 5.92 Å². The zero-order chi connectivity index (χ0) is 16.4. The van der Waals surface area contributed by atoms with E-state index in [1.807, 2.05) is 65.9 Å². The number of hydrogen-bond donors (Lipinski definition) is 0. The van der Waals surface area contributed by atoms with Gasteiger partial charge in [0.15, 0.2) is 0 Å². The van der Waals surface area contributed by atoms with Crippen molar-refractivity contribution in [3.05, 3.63) is 36.5 Å². The summed E-state index contributed by atoms with van der Waals surface area (Å²) in [5.41, 5.74) is 2.64. The average molecular weight is 270 g/mol. The second-order valence-corrected chi connectivity index (χ2v) is 4.24. The van der Waals surface area contributed by atoms with Crippen LogP contribution in [0.25, 0.3) is 0 Å². The Balaban J connectivity index is -0.000000118. The molecule has 0 saturated carbocycles. The summed E-state index contributed by atoms with van der Waals surface area (Å²) in [7, 11) is 6.00. The first-order valence-corrected chi connectivity index (χ1v) is 7.49. The molecule has 0 aliphatic carbocycles. The highest BCUT2D eigenvalue weighted by molar-refractivity contribution is 5.32. The third-order valence-corrected chi connectivity index (χ3v) is 1.84. The molecule has 0 fully saturated rings. The van der Waals surface area contributed by atoms with Gasteiger partial charge < -0.3 is 4.90 Å². The predicted octanol–water partition coefficient (Wildman–Crippen LogP) is 5.95. The van der Waals surface area contributed by atoms with Crippen LogP contribution in [0.3, 0.4) is 0 Å². The molecule has 0 bridgehead atoms. The van der Waals surface area contributed by atoms with Crippen molar-refractivity contribution in [2.75, 3.05) is 21.1 Å². The average Bonchev–Trinajstić information content (AvgIpc) is 2.39. The van der Waals surface area contributed by atoms with E-state index in [-0.39, 0.29) is 0 Å². The van der Waals surface area contributed by atoms with Crippen LogP contribution in [0.1, 0.15) is 54.9 Å². The smallest absolute Gasteiger partial charge is 0.0140 e. The SMILES string of the molecule is C=C/C(CC)=C(/C=C)C(C)C.CC.CC.CN(C)C. The Labute approximate surface area is 124 Å². The summed E-state index contributed by atoms with van der Waals surface area (Å²) in [6.45, 7) is 22.1. The van der Waals surface area contributed by atoms with E-state index in [1.165, 1.54) is 11.1 Å². The van der Waals surface area contributed by atoms with Gasteiger partial charge in [0.2, 0.25) is 0 Å². The Kier molecular flexibility index (Phi) is 31.4. The molecule has 0 heterocycles.